The molecule has 0 aliphatic carbocycles. The highest BCUT2D eigenvalue weighted by molar-refractivity contribution is 5.73. The van der Waals surface area contributed by atoms with Crippen LogP contribution in [0.5, 0.6) is 0 Å². The first-order chi connectivity index (χ1) is 8.27. The minimum absolute atomic E-state index is 0.226. The van der Waals surface area contributed by atoms with Gasteiger partial charge in [0.15, 0.2) is 0 Å². The van der Waals surface area contributed by atoms with Crippen molar-refractivity contribution in [2.45, 2.75) is 54.3 Å². The molecule has 0 amide bonds. The average molecular weight is 250 g/mol. The van der Waals surface area contributed by atoms with E-state index in [1.54, 1.807) is 0 Å². The third-order valence-corrected chi connectivity index (χ3v) is 3.86. The molecule has 0 bridgehead atoms. The Morgan fingerprint density at radius 3 is 1.78 bits per heavy atom. The minimum atomic E-state index is -1.07. The Kier molecular flexibility index (Phi) is 4.52. The van der Waals surface area contributed by atoms with Gasteiger partial charge in [-0.25, -0.2) is 4.79 Å². The molecular weight excluding hydrogens is 228 g/mol. The van der Waals surface area contributed by atoms with Crippen molar-refractivity contribution in [2.24, 2.45) is 0 Å². The summed E-state index contributed by atoms with van der Waals surface area (Å²) in [7, 11) is 0. The van der Waals surface area contributed by atoms with Crippen LogP contribution < -0.4 is 0 Å². The molecule has 0 fully saturated rings. The van der Waals surface area contributed by atoms with Crippen LogP contribution in [0.15, 0.2) is 0 Å². The third kappa shape index (κ3) is 2.72. The van der Waals surface area contributed by atoms with Gasteiger partial charge in [-0.15, -0.1) is 0 Å². The normalized spacial score (nSPS) is 12.4. The highest BCUT2D eigenvalue weighted by atomic mass is 16.5. The number of benzene rings is 1. The number of aliphatic hydroxyl groups is 1. The van der Waals surface area contributed by atoms with Crippen LogP contribution >= 0.6 is 0 Å². The van der Waals surface area contributed by atoms with Crippen molar-refractivity contribution < 1.29 is 14.6 Å². The quantitative estimate of drug-likeness (QED) is 0.839. The minimum Gasteiger partial charge on any atom is -0.459 e. The second-order valence-corrected chi connectivity index (χ2v) is 4.89. The van der Waals surface area contributed by atoms with Crippen molar-refractivity contribution in [3.05, 3.63) is 33.4 Å². The molecule has 1 aromatic carbocycles. The van der Waals surface area contributed by atoms with Crippen molar-refractivity contribution in [3.8, 4) is 0 Å². The molecule has 0 spiro atoms. The summed E-state index contributed by atoms with van der Waals surface area (Å²) >= 11 is 0. The number of hydrogen-bond acceptors (Lipinski definition) is 3. The molecule has 3 nitrogen and oxygen atoms in total. The van der Waals surface area contributed by atoms with E-state index in [4.69, 9.17) is 9.84 Å². The van der Waals surface area contributed by atoms with Crippen LogP contribution in [0.2, 0.25) is 0 Å². The van der Waals surface area contributed by atoms with Gasteiger partial charge >= 0.3 is 5.97 Å². The van der Waals surface area contributed by atoms with Crippen LogP contribution in [0.1, 0.15) is 40.3 Å². The molecule has 0 heterocycles. The molecule has 0 radical (unpaired) electrons. The van der Waals surface area contributed by atoms with E-state index in [1.165, 1.54) is 23.6 Å². The molecule has 1 rings (SSSR count). The Labute approximate surface area is 109 Å². The number of aliphatic hydroxyl groups excluding tert-OH is 1. The average Bonchev–Trinajstić information content (AvgIpc) is 2.33. The summed E-state index contributed by atoms with van der Waals surface area (Å²) in [6.45, 7) is 12.0. The van der Waals surface area contributed by atoms with Crippen molar-refractivity contribution in [3.63, 3.8) is 0 Å². The van der Waals surface area contributed by atoms with Gasteiger partial charge in [0.2, 0.25) is 0 Å². The van der Waals surface area contributed by atoms with Crippen molar-refractivity contribution in [1.82, 2.24) is 0 Å². The van der Waals surface area contributed by atoms with Crippen LogP contribution in [-0.4, -0.2) is 17.2 Å². The molecule has 1 unspecified atom stereocenters. The summed E-state index contributed by atoms with van der Waals surface area (Å²) in [5.41, 5.74) is 7.13. The highest BCUT2D eigenvalue weighted by Gasteiger charge is 2.15. The predicted molar refractivity (Wildman–Crippen MR) is 71.6 cm³/mol. The summed E-state index contributed by atoms with van der Waals surface area (Å²) in [5, 5.41) is 9.12. The van der Waals surface area contributed by atoms with Gasteiger partial charge in [-0.1, -0.05) is 0 Å². The van der Waals surface area contributed by atoms with E-state index in [1.807, 2.05) is 13.8 Å². The van der Waals surface area contributed by atoms with Gasteiger partial charge in [-0.2, -0.15) is 0 Å². The lowest BCUT2D eigenvalue weighted by Gasteiger charge is -2.18. The first-order valence-electron chi connectivity index (χ1n) is 6.17. The van der Waals surface area contributed by atoms with Gasteiger partial charge in [0.1, 0.15) is 12.7 Å². The smallest absolute Gasteiger partial charge is 0.334 e. The van der Waals surface area contributed by atoms with Crippen LogP contribution in [0, 0.1) is 34.6 Å². The number of esters is 1. The molecule has 0 aromatic heterocycles. The largest absolute Gasteiger partial charge is 0.459 e. The zero-order chi connectivity index (χ0) is 14.0. The van der Waals surface area contributed by atoms with E-state index < -0.39 is 12.1 Å². The maximum absolute atomic E-state index is 11.3. The standard InChI is InChI=1S/C15H22O3/c1-8-9(2)11(4)14(12(5)10(8)3)7-18-15(17)13(6)16/h13,16H,7H2,1-6H3. The molecule has 1 N–H and O–H groups in total. The van der Waals surface area contributed by atoms with E-state index >= 15 is 0 Å². The Bertz CT molecular complexity index is 444. The van der Waals surface area contributed by atoms with Crippen LogP contribution in [-0.2, 0) is 16.1 Å². The molecule has 1 atom stereocenters. The van der Waals surface area contributed by atoms with Gasteiger partial charge in [0, 0.05) is 0 Å². The maximum atomic E-state index is 11.3. The number of ether oxygens (including phenoxy) is 1. The van der Waals surface area contributed by atoms with E-state index in [2.05, 4.69) is 20.8 Å². The van der Waals surface area contributed by atoms with Gasteiger partial charge in [0.05, 0.1) is 0 Å². The lowest BCUT2D eigenvalue weighted by Crippen LogP contribution is -2.19. The van der Waals surface area contributed by atoms with Gasteiger partial charge in [-0.3, -0.25) is 0 Å². The monoisotopic (exact) mass is 250 g/mol. The van der Waals surface area contributed by atoms with Crippen LogP contribution in [0.3, 0.4) is 0 Å². The first kappa shape index (κ1) is 14.7. The number of carbonyl (C=O) groups is 1. The first-order valence-corrected chi connectivity index (χ1v) is 6.17. The summed E-state index contributed by atoms with van der Waals surface area (Å²) < 4.78 is 5.11. The topological polar surface area (TPSA) is 46.5 Å². The van der Waals surface area contributed by atoms with Gasteiger partial charge in [0.25, 0.3) is 0 Å². The third-order valence-electron chi connectivity index (χ3n) is 3.86. The SMILES string of the molecule is Cc1c(C)c(C)c(COC(=O)C(C)O)c(C)c1C. The van der Waals surface area contributed by atoms with Gasteiger partial charge in [-0.05, 0) is 74.9 Å². The highest BCUT2D eigenvalue weighted by Crippen LogP contribution is 2.26. The zero-order valence-corrected chi connectivity index (χ0v) is 12.0. The summed E-state index contributed by atoms with van der Waals surface area (Å²) in [4.78, 5) is 11.3. The molecule has 100 valence electrons. The van der Waals surface area contributed by atoms with Crippen LogP contribution in [0.25, 0.3) is 0 Å². The van der Waals surface area contributed by atoms with Gasteiger partial charge < -0.3 is 9.84 Å². The lowest BCUT2D eigenvalue weighted by atomic mass is 9.90. The number of hydrogen-bond donors (Lipinski definition) is 1. The Hall–Kier alpha value is -1.35. The number of carbonyl (C=O) groups excluding carboxylic acids is 1. The summed E-state index contributed by atoms with van der Waals surface area (Å²) in [6, 6.07) is 0. The number of rotatable bonds is 3. The lowest BCUT2D eigenvalue weighted by molar-refractivity contribution is -0.153. The molecule has 0 aliphatic heterocycles. The predicted octanol–water partition coefficient (Wildman–Crippen LogP) is 2.65. The molecule has 18 heavy (non-hydrogen) atoms. The summed E-state index contributed by atoms with van der Waals surface area (Å²) in [5.74, 6) is -0.579. The molecule has 0 aliphatic rings. The molecule has 3 heteroatoms. The zero-order valence-electron chi connectivity index (χ0n) is 12.0. The maximum Gasteiger partial charge on any atom is 0.334 e. The molecule has 1 aromatic rings. The van der Waals surface area contributed by atoms with Crippen LogP contribution in [0.4, 0.5) is 0 Å². The second-order valence-electron chi connectivity index (χ2n) is 4.89. The van der Waals surface area contributed by atoms with E-state index in [9.17, 15) is 4.79 Å². The molecule has 0 saturated carbocycles. The fraction of sp³-hybridized carbons (Fsp3) is 0.533. The molecule has 0 saturated heterocycles. The fourth-order valence-corrected chi connectivity index (χ4v) is 2.06. The van der Waals surface area contributed by atoms with E-state index in [0.717, 1.165) is 16.7 Å². The Morgan fingerprint density at radius 2 is 1.39 bits per heavy atom. The van der Waals surface area contributed by atoms with E-state index in [-0.39, 0.29) is 6.61 Å². The molecular formula is C15H22O3. The van der Waals surface area contributed by atoms with Crippen molar-refractivity contribution in [2.75, 3.05) is 0 Å². The second kappa shape index (κ2) is 5.53. The fourth-order valence-electron chi connectivity index (χ4n) is 2.06. The Morgan fingerprint density at radius 1 is 1.00 bits per heavy atom. The van der Waals surface area contributed by atoms with Crippen molar-refractivity contribution >= 4 is 5.97 Å². The Balaban J connectivity index is 3.07. The van der Waals surface area contributed by atoms with E-state index in [0.29, 0.717) is 0 Å². The van der Waals surface area contributed by atoms with Crippen molar-refractivity contribution in [1.29, 1.82) is 0 Å². The summed E-state index contributed by atoms with van der Waals surface area (Å²) in [6.07, 6.45) is -1.07.